The summed E-state index contributed by atoms with van der Waals surface area (Å²) in [5, 5.41) is 5.08. The number of nitrogens with zero attached hydrogens (tertiary/aromatic N) is 4. The van der Waals surface area contributed by atoms with Crippen LogP contribution >= 0.6 is 0 Å². The number of benzene rings is 1. The van der Waals surface area contributed by atoms with E-state index in [0.717, 1.165) is 36.3 Å². The van der Waals surface area contributed by atoms with Crippen LogP contribution in [-0.4, -0.2) is 45.5 Å². The van der Waals surface area contributed by atoms with Crippen molar-refractivity contribution >= 4 is 17.0 Å². The lowest BCUT2D eigenvalue weighted by molar-refractivity contribution is 0.0787. The summed E-state index contributed by atoms with van der Waals surface area (Å²) in [6, 6.07) is 6.09. The molecule has 1 saturated heterocycles. The first-order chi connectivity index (χ1) is 12.6. The van der Waals surface area contributed by atoms with Crippen LogP contribution in [0.2, 0.25) is 0 Å². The van der Waals surface area contributed by atoms with Gasteiger partial charge in [0.25, 0.3) is 5.56 Å². The van der Waals surface area contributed by atoms with Crippen molar-refractivity contribution in [2.24, 2.45) is 0 Å². The molecule has 1 aliphatic heterocycles. The lowest BCUT2D eigenvalue weighted by Gasteiger charge is -2.16. The second kappa shape index (κ2) is 6.57. The van der Waals surface area contributed by atoms with E-state index in [1.165, 1.54) is 0 Å². The summed E-state index contributed by atoms with van der Waals surface area (Å²) < 4.78 is 7.44. The lowest BCUT2D eigenvalue weighted by Crippen LogP contribution is -2.26. The van der Waals surface area contributed by atoms with Gasteiger partial charge < -0.3 is 9.64 Å². The van der Waals surface area contributed by atoms with Gasteiger partial charge in [0.05, 0.1) is 11.8 Å². The molecule has 4 rings (SSSR count). The highest BCUT2D eigenvalue weighted by Crippen LogP contribution is 2.22. The number of hydrogen-bond donors (Lipinski definition) is 1. The molecule has 1 N–H and O–H groups in total. The van der Waals surface area contributed by atoms with Crippen molar-refractivity contribution in [3.8, 4) is 5.69 Å². The van der Waals surface area contributed by atoms with Gasteiger partial charge >= 0.3 is 0 Å². The van der Waals surface area contributed by atoms with Crippen molar-refractivity contribution < 1.29 is 4.74 Å². The van der Waals surface area contributed by atoms with Crippen LogP contribution in [0.5, 0.6) is 0 Å². The maximum Gasteiger partial charge on any atom is 0.263 e. The first-order valence-electron chi connectivity index (χ1n) is 8.99. The minimum atomic E-state index is -0.164. The maximum atomic E-state index is 12.6. The summed E-state index contributed by atoms with van der Waals surface area (Å²) in [7, 11) is 0. The van der Waals surface area contributed by atoms with Gasteiger partial charge in [0.15, 0.2) is 5.65 Å². The topological polar surface area (TPSA) is 76.0 Å². The van der Waals surface area contributed by atoms with Crippen LogP contribution in [-0.2, 0) is 4.74 Å². The molecule has 2 aromatic heterocycles. The van der Waals surface area contributed by atoms with Gasteiger partial charge in [0.2, 0.25) is 5.95 Å². The number of nitrogens with one attached hydrogen (secondary N) is 1. The fourth-order valence-corrected chi connectivity index (χ4v) is 3.63. The molecule has 0 amide bonds. The van der Waals surface area contributed by atoms with E-state index in [1.807, 2.05) is 39.0 Å². The molecule has 0 bridgehead atoms. The standard InChI is InChI=1S/C19H23N5O2/c1-4-26-14-8-9-23(10-14)19-20-17-15(18(25)21-19)11-24(22-17)16-12(2)6-5-7-13(16)3/h5-7,11,14H,4,8-10H2,1-3H3,(H,20,21,22,25). The number of aromatic amines is 1. The van der Waals surface area contributed by atoms with Crippen LogP contribution in [0.4, 0.5) is 5.95 Å². The molecule has 1 aliphatic rings. The molecular formula is C19H23N5O2. The molecule has 1 aromatic carbocycles. The monoisotopic (exact) mass is 353 g/mol. The van der Waals surface area contributed by atoms with Crippen molar-refractivity contribution in [2.45, 2.75) is 33.3 Å². The molecule has 1 atom stereocenters. The number of anilines is 1. The third-order valence-corrected chi connectivity index (χ3v) is 4.89. The van der Waals surface area contributed by atoms with E-state index in [1.54, 1.807) is 10.9 Å². The average molecular weight is 353 g/mol. The Bertz CT molecular complexity index is 987. The van der Waals surface area contributed by atoms with Gasteiger partial charge in [-0.3, -0.25) is 9.78 Å². The van der Waals surface area contributed by atoms with Crippen LogP contribution in [0.15, 0.2) is 29.2 Å². The van der Waals surface area contributed by atoms with Crippen LogP contribution in [0.3, 0.4) is 0 Å². The molecule has 7 nitrogen and oxygen atoms in total. The number of rotatable bonds is 4. The summed E-state index contributed by atoms with van der Waals surface area (Å²) in [4.78, 5) is 22.1. The van der Waals surface area contributed by atoms with Crippen molar-refractivity contribution in [3.05, 3.63) is 45.9 Å². The summed E-state index contributed by atoms with van der Waals surface area (Å²) in [5.41, 5.74) is 3.50. The molecule has 1 fully saturated rings. The van der Waals surface area contributed by atoms with Crippen LogP contribution in [0.1, 0.15) is 24.5 Å². The minimum absolute atomic E-state index is 0.164. The Labute approximate surface area is 151 Å². The highest BCUT2D eigenvalue weighted by atomic mass is 16.5. The number of aromatic nitrogens is 4. The highest BCUT2D eigenvalue weighted by molar-refractivity contribution is 5.75. The van der Waals surface area contributed by atoms with Gasteiger partial charge in [-0.2, -0.15) is 4.98 Å². The van der Waals surface area contributed by atoms with Crippen molar-refractivity contribution in [1.29, 1.82) is 0 Å². The molecule has 1 unspecified atom stereocenters. The summed E-state index contributed by atoms with van der Waals surface area (Å²) >= 11 is 0. The Morgan fingerprint density at radius 2 is 2.08 bits per heavy atom. The number of para-hydroxylation sites is 1. The molecule has 3 heterocycles. The van der Waals surface area contributed by atoms with Crippen LogP contribution in [0, 0.1) is 13.8 Å². The van der Waals surface area contributed by atoms with Gasteiger partial charge in [0, 0.05) is 25.9 Å². The largest absolute Gasteiger partial charge is 0.377 e. The van der Waals surface area contributed by atoms with Gasteiger partial charge in [-0.1, -0.05) is 18.2 Å². The summed E-state index contributed by atoms with van der Waals surface area (Å²) in [6.45, 7) is 8.32. The second-order valence-electron chi connectivity index (χ2n) is 6.75. The van der Waals surface area contributed by atoms with Gasteiger partial charge in [0.1, 0.15) is 5.39 Å². The minimum Gasteiger partial charge on any atom is -0.377 e. The Morgan fingerprint density at radius 3 is 2.81 bits per heavy atom. The third-order valence-electron chi connectivity index (χ3n) is 4.89. The van der Waals surface area contributed by atoms with Crippen LogP contribution < -0.4 is 10.5 Å². The lowest BCUT2D eigenvalue weighted by atomic mass is 10.1. The van der Waals surface area contributed by atoms with Crippen molar-refractivity contribution in [1.82, 2.24) is 19.7 Å². The summed E-state index contributed by atoms with van der Waals surface area (Å²) in [5.74, 6) is 0.566. The molecule has 7 heteroatoms. The SMILES string of the molecule is CCOC1CCN(c2nc3nn(-c4c(C)cccc4C)cc3c(=O)[nH]2)C1. The predicted octanol–water partition coefficient (Wildman–Crippen LogP) is 2.34. The van der Waals surface area contributed by atoms with E-state index < -0.39 is 0 Å². The Balaban J connectivity index is 1.74. The van der Waals surface area contributed by atoms with E-state index in [4.69, 9.17) is 4.74 Å². The predicted molar refractivity (Wildman–Crippen MR) is 101 cm³/mol. The summed E-state index contributed by atoms with van der Waals surface area (Å²) in [6.07, 6.45) is 2.88. The molecular weight excluding hydrogens is 330 g/mol. The molecule has 0 aliphatic carbocycles. The number of aryl methyl sites for hydroxylation is 2. The van der Waals surface area contributed by atoms with Crippen molar-refractivity contribution in [2.75, 3.05) is 24.6 Å². The molecule has 136 valence electrons. The quantitative estimate of drug-likeness (QED) is 0.779. The number of H-pyrrole nitrogens is 1. The highest BCUT2D eigenvalue weighted by Gasteiger charge is 2.25. The van der Waals surface area contributed by atoms with E-state index in [2.05, 4.69) is 20.0 Å². The zero-order chi connectivity index (χ0) is 18.3. The second-order valence-corrected chi connectivity index (χ2v) is 6.75. The van der Waals surface area contributed by atoms with Crippen molar-refractivity contribution in [3.63, 3.8) is 0 Å². The average Bonchev–Trinajstić information content (AvgIpc) is 3.22. The van der Waals surface area contributed by atoms with E-state index in [-0.39, 0.29) is 11.7 Å². The molecule has 3 aromatic rings. The van der Waals surface area contributed by atoms with Crippen LogP contribution in [0.25, 0.3) is 16.7 Å². The zero-order valence-electron chi connectivity index (χ0n) is 15.3. The number of hydrogen-bond acceptors (Lipinski definition) is 5. The van der Waals surface area contributed by atoms with Gasteiger partial charge in [-0.25, -0.2) is 4.68 Å². The number of fused-ring (bicyclic) bond motifs is 1. The smallest absolute Gasteiger partial charge is 0.263 e. The first kappa shape index (κ1) is 16.8. The zero-order valence-corrected chi connectivity index (χ0v) is 15.3. The van der Waals surface area contributed by atoms with Gasteiger partial charge in [-0.05, 0) is 38.3 Å². The molecule has 26 heavy (non-hydrogen) atoms. The van der Waals surface area contributed by atoms with E-state index in [9.17, 15) is 4.79 Å². The fourth-order valence-electron chi connectivity index (χ4n) is 3.63. The number of ether oxygens (including phenoxy) is 1. The van der Waals surface area contributed by atoms with Gasteiger partial charge in [-0.15, -0.1) is 5.10 Å². The molecule has 0 spiro atoms. The Morgan fingerprint density at radius 1 is 1.31 bits per heavy atom. The normalized spacial score (nSPS) is 17.3. The fraction of sp³-hybridized carbons (Fsp3) is 0.421. The maximum absolute atomic E-state index is 12.6. The molecule has 0 radical (unpaired) electrons. The molecule has 0 saturated carbocycles. The van der Waals surface area contributed by atoms with E-state index in [0.29, 0.717) is 23.6 Å². The third kappa shape index (κ3) is 2.88. The Kier molecular flexibility index (Phi) is 4.24. The Hall–Kier alpha value is -2.67. The van der Waals surface area contributed by atoms with E-state index >= 15 is 0 Å². The first-order valence-corrected chi connectivity index (χ1v) is 8.99.